The topological polar surface area (TPSA) is 114 Å². The van der Waals surface area contributed by atoms with Crippen LogP contribution in [0.3, 0.4) is 0 Å². The molecule has 0 aromatic heterocycles. The van der Waals surface area contributed by atoms with E-state index in [9.17, 15) is 18.0 Å². The van der Waals surface area contributed by atoms with E-state index in [0.717, 1.165) is 10.6 Å². The fourth-order valence-corrected chi connectivity index (χ4v) is 4.03. The zero-order valence-corrected chi connectivity index (χ0v) is 20.2. The number of hydrogen-bond donors (Lipinski definition) is 2. The third-order valence-electron chi connectivity index (χ3n) is 4.83. The van der Waals surface area contributed by atoms with Gasteiger partial charge in [0.05, 0.1) is 29.8 Å². The molecule has 0 heterocycles. The molecule has 0 aliphatic carbocycles. The molecule has 35 heavy (non-hydrogen) atoms. The molecule has 0 bridgehead atoms. The van der Waals surface area contributed by atoms with E-state index in [4.69, 9.17) is 9.47 Å². The summed E-state index contributed by atoms with van der Waals surface area (Å²) in [5.74, 6) is 0.180. The molecule has 0 aliphatic rings. The summed E-state index contributed by atoms with van der Waals surface area (Å²) in [5.41, 5.74) is 0.825. The summed E-state index contributed by atoms with van der Waals surface area (Å²) in [6, 6.07) is 22.0. The van der Waals surface area contributed by atoms with Crippen LogP contribution in [0.2, 0.25) is 0 Å². The van der Waals surface area contributed by atoms with E-state index >= 15 is 0 Å². The molecule has 0 spiro atoms. The highest BCUT2D eigenvalue weighted by Crippen LogP contribution is 2.25. The SMILES string of the molecule is COCCNC(=O)c1ccccc1NC(=O)CN(c1ccc(Oc2ccccc2)cc1)S(C)(=O)=O. The van der Waals surface area contributed by atoms with E-state index in [1.54, 1.807) is 60.7 Å². The van der Waals surface area contributed by atoms with Crippen LogP contribution in [0.1, 0.15) is 10.4 Å². The number of carbonyl (C=O) groups excluding carboxylic acids is 2. The summed E-state index contributed by atoms with van der Waals surface area (Å²) in [6.45, 7) is 0.180. The highest BCUT2D eigenvalue weighted by Gasteiger charge is 2.22. The number of nitrogens with one attached hydrogen (secondary N) is 2. The van der Waals surface area contributed by atoms with Crippen molar-refractivity contribution in [1.29, 1.82) is 0 Å². The minimum Gasteiger partial charge on any atom is -0.457 e. The standard InChI is InChI=1S/C25H27N3O6S/c1-33-17-16-26-25(30)22-10-6-7-11-23(22)27-24(29)18-28(35(2,31)32)19-12-14-21(15-13-19)34-20-8-4-3-5-9-20/h3-15H,16-18H2,1-2H3,(H,26,30)(H,27,29). The van der Waals surface area contributed by atoms with Crippen molar-refractivity contribution in [3.63, 3.8) is 0 Å². The number of ether oxygens (including phenoxy) is 2. The molecule has 2 amide bonds. The first-order valence-electron chi connectivity index (χ1n) is 10.7. The van der Waals surface area contributed by atoms with Crippen molar-refractivity contribution in [3.05, 3.63) is 84.4 Å². The first-order valence-corrected chi connectivity index (χ1v) is 12.6. The maximum atomic E-state index is 12.8. The smallest absolute Gasteiger partial charge is 0.253 e. The monoisotopic (exact) mass is 497 g/mol. The van der Waals surface area contributed by atoms with Crippen LogP contribution in [0.15, 0.2) is 78.9 Å². The van der Waals surface area contributed by atoms with Crippen LogP contribution in [0.4, 0.5) is 11.4 Å². The van der Waals surface area contributed by atoms with E-state index < -0.39 is 22.5 Å². The minimum absolute atomic E-state index is 0.255. The van der Waals surface area contributed by atoms with Gasteiger partial charge in [0.15, 0.2) is 0 Å². The number of benzene rings is 3. The Balaban J connectivity index is 1.72. The fourth-order valence-electron chi connectivity index (χ4n) is 3.18. The van der Waals surface area contributed by atoms with Crippen molar-refractivity contribution < 1.29 is 27.5 Å². The molecule has 0 saturated carbocycles. The predicted octanol–water partition coefficient (Wildman–Crippen LogP) is 3.26. The molecular weight excluding hydrogens is 470 g/mol. The number of anilines is 2. The summed E-state index contributed by atoms with van der Waals surface area (Å²) >= 11 is 0. The summed E-state index contributed by atoms with van der Waals surface area (Å²) in [5, 5.41) is 5.33. The first kappa shape index (κ1) is 25.7. The Morgan fingerprint density at radius 1 is 0.886 bits per heavy atom. The summed E-state index contributed by atoms with van der Waals surface area (Å²) in [7, 11) is -2.25. The molecule has 3 aromatic rings. The molecule has 0 aliphatic heterocycles. The minimum atomic E-state index is -3.78. The van der Waals surface area contributed by atoms with Crippen LogP contribution < -0.4 is 19.7 Å². The van der Waals surface area contributed by atoms with Crippen LogP contribution in [-0.4, -0.2) is 53.3 Å². The lowest BCUT2D eigenvalue weighted by Gasteiger charge is -2.22. The Kier molecular flexibility index (Phi) is 8.82. The van der Waals surface area contributed by atoms with Crippen LogP contribution in [0, 0.1) is 0 Å². The molecule has 2 N–H and O–H groups in total. The number of amides is 2. The molecule has 9 nitrogen and oxygen atoms in total. The Hall–Kier alpha value is -3.89. The van der Waals surface area contributed by atoms with Crippen molar-refractivity contribution in [2.24, 2.45) is 0 Å². The van der Waals surface area contributed by atoms with Gasteiger partial charge in [-0.25, -0.2) is 8.42 Å². The van der Waals surface area contributed by atoms with Gasteiger partial charge in [-0.05, 0) is 48.5 Å². The summed E-state index contributed by atoms with van der Waals surface area (Å²) in [6.07, 6.45) is 1.02. The van der Waals surface area contributed by atoms with E-state index in [1.807, 2.05) is 18.2 Å². The Bertz CT molecular complexity index is 1250. The second-order valence-corrected chi connectivity index (χ2v) is 9.43. The molecule has 0 fully saturated rings. The molecule has 3 rings (SSSR count). The number of methoxy groups -OCH3 is 1. The zero-order chi connectivity index (χ0) is 25.3. The number of carbonyl (C=O) groups is 2. The molecule has 184 valence electrons. The van der Waals surface area contributed by atoms with Gasteiger partial charge in [0.2, 0.25) is 15.9 Å². The molecule has 0 radical (unpaired) electrons. The Morgan fingerprint density at radius 2 is 1.51 bits per heavy atom. The Morgan fingerprint density at radius 3 is 2.17 bits per heavy atom. The van der Waals surface area contributed by atoms with Crippen LogP contribution in [-0.2, 0) is 19.6 Å². The first-order chi connectivity index (χ1) is 16.8. The van der Waals surface area contributed by atoms with Crippen LogP contribution in [0.5, 0.6) is 11.5 Å². The van der Waals surface area contributed by atoms with Gasteiger partial charge in [0.1, 0.15) is 18.0 Å². The summed E-state index contributed by atoms with van der Waals surface area (Å²) < 4.78 is 36.6. The molecule has 0 atom stereocenters. The van der Waals surface area contributed by atoms with Crippen molar-refractivity contribution in [3.8, 4) is 11.5 Å². The van der Waals surface area contributed by atoms with Gasteiger partial charge in [0, 0.05) is 13.7 Å². The van der Waals surface area contributed by atoms with E-state index in [1.165, 1.54) is 7.11 Å². The van der Waals surface area contributed by atoms with Crippen molar-refractivity contribution >= 4 is 33.2 Å². The average molecular weight is 498 g/mol. The fraction of sp³-hybridized carbons (Fsp3) is 0.200. The molecule has 3 aromatic carbocycles. The molecule has 0 unspecified atom stereocenters. The zero-order valence-electron chi connectivity index (χ0n) is 19.4. The lowest BCUT2D eigenvalue weighted by Crippen LogP contribution is -2.37. The van der Waals surface area contributed by atoms with Crippen LogP contribution >= 0.6 is 0 Å². The third-order valence-corrected chi connectivity index (χ3v) is 5.97. The van der Waals surface area contributed by atoms with Crippen molar-refractivity contribution in [2.75, 3.05) is 42.7 Å². The average Bonchev–Trinajstić information content (AvgIpc) is 2.83. The molecule has 10 heteroatoms. The number of rotatable bonds is 11. The quantitative estimate of drug-likeness (QED) is 0.393. The normalized spacial score (nSPS) is 10.9. The van der Waals surface area contributed by atoms with Gasteiger partial charge in [0.25, 0.3) is 5.91 Å². The largest absolute Gasteiger partial charge is 0.457 e. The number of nitrogens with zero attached hydrogens (tertiary/aromatic N) is 1. The second-order valence-electron chi connectivity index (χ2n) is 7.52. The van der Waals surface area contributed by atoms with Gasteiger partial charge in [-0.3, -0.25) is 13.9 Å². The van der Waals surface area contributed by atoms with Gasteiger partial charge in [-0.2, -0.15) is 0 Å². The molecule has 0 saturated heterocycles. The van der Waals surface area contributed by atoms with Crippen LogP contribution in [0.25, 0.3) is 0 Å². The lowest BCUT2D eigenvalue weighted by atomic mass is 10.1. The van der Waals surface area contributed by atoms with E-state index in [-0.39, 0.29) is 17.2 Å². The second kappa shape index (κ2) is 12.0. The lowest BCUT2D eigenvalue weighted by molar-refractivity contribution is -0.114. The number of sulfonamides is 1. The number of para-hydroxylation sites is 2. The maximum Gasteiger partial charge on any atom is 0.253 e. The highest BCUT2D eigenvalue weighted by atomic mass is 32.2. The van der Waals surface area contributed by atoms with Crippen molar-refractivity contribution in [1.82, 2.24) is 5.32 Å². The highest BCUT2D eigenvalue weighted by molar-refractivity contribution is 7.92. The number of hydrogen-bond acceptors (Lipinski definition) is 6. The third kappa shape index (κ3) is 7.56. The summed E-state index contributed by atoms with van der Waals surface area (Å²) in [4.78, 5) is 25.2. The Labute approximate surface area is 204 Å². The van der Waals surface area contributed by atoms with Gasteiger partial charge >= 0.3 is 0 Å². The van der Waals surface area contributed by atoms with Gasteiger partial charge < -0.3 is 20.1 Å². The van der Waals surface area contributed by atoms with Gasteiger partial charge in [-0.1, -0.05) is 30.3 Å². The van der Waals surface area contributed by atoms with E-state index in [0.29, 0.717) is 30.3 Å². The predicted molar refractivity (Wildman–Crippen MR) is 134 cm³/mol. The van der Waals surface area contributed by atoms with Crippen molar-refractivity contribution in [2.45, 2.75) is 0 Å². The molecular formula is C25H27N3O6S. The maximum absolute atomic E-state index is 12.8. The van der Waals surface area contributed by atoms with E-state index in [2.05, 4.69) is 10.6 Å². The van der Waals surface area contributed by atoms with Gasteiger partial charge in [-0.15, -0.1) is 0 Å².